The van der Waals surface area contributed by atoms with Gasteiger partial charge in [0.25, 0.3) is 0 Å². The molecule has 1 aromatic heterocycles. The Bertz CT molecular complexity index is 1090. The average Bonchev–Trinajstić information content (AvgIpc) is 3.53. The van der Waals surface area contributed by atoms with Crippen molar-refractivity contribution in [3.8, 4) is 10.4 Å². The predicted octanol–water partition coefficient (Wildman–Crippen LogP) is 4.74. The van der Waals surface area contributed by atoms with Gasteiger partial charge < -0.3 is 15.4 Å². The fourth-order valence-electron chi connectivity index (χ4n) is 4.54. The summed E-state index contributed by atoms with van der Waals surface area (Å²) in [6.07, 6.45) is 2.82. The van der Waals surface area contributed by atoms with E-state index in [-0.39, 0.29) is 29.5 Å². The van der Waals surface area contributed by atoms with Crippen LogP contribution in [-0.4, -0.2) is 46.3 Å². The van der Waals surface area contributed by atoms with Gasteiger partial charge in [-0.05, 0) is 43.4 Å². The smallest absolute Gasteiger partial charge is 0.329 e. The molecule has 3 rings (SSSR count). The van der Waals surface area contributed by atoms with Gasteiger partial charge >= 0.3 is 5.97 Å². The number of thioether (sulfide) groups is 1. The zero-order chi connectivity index (χ0) is 27.0. The summed E-state index contributed by atoms with van der Waals surface area (Å²) in [4.78, 5) is 53.4. The van der Waals surface area contributed by atoms with Crippen LogP contribution in [0.4, 0.5) is 0 Å². The quantitative estimate of drug-likeness (QED) is 0.396. The van der Waals surface area contributed by atoms with E-state index >= 15 is 0 Å². The first-order valence-corrected chi connectivity index (χ1v) is 14.5. The molecule has 2 aromatic rings. The molecular formula is C28H36N2O5S2. The summed E-state index contributed by atoms with van der Waals surface area (Å²) >= 11 is 2.55. The molecule has 1 aliphatic carbocycles. The second-order valence-electron chi connectivity index (χ2n) is 9.67. The Labute approximate surface area is 227 Å². The van der Waals surface area contributed by atoms with Crippen LogP contribution in [0.25, 0.3) is 10.4 Å². The molecule has 2 unspecified atom stereocenters. The molecule has 7 nitrogen and oxygen atoms in total. The van der Waals surface area contributed by atoms with Crippen molar-refractivity contribution in [1.29, 1.82) is 0 Å². The molecule has 0 saturated heterocycles. The van der Waals surface area contributed by atoms with Crippen LogP contribution in [-0.2, 0) is 30.3 Å². The fourth-order valence-corrected chi connectivity index (χ4v) is 6.40. The van der Waals surface area contributed by atoms with Gasteiger partial charge in [-0.25, -0.2) is 4.79 Å². The third-order valence-corrected chi connectivity index (χ3v) is 8.91. The van der Waals surface area contributed by atoms with Crippen molar-refractivity contribution in [3.05, 3.63) is 47.3 Å². The second-order valence-corrected chi connectivity index (χ2v) is 12.2. The minimum atomic E-state index is -1.11. The molecule has 1 heterocycles. The SMILES string of the molecule is CCOC(=O)C(Cc1ccc(-c2ccccc2)s1)NC(=O)C1(NC(=O)C(SC(C)=O)C(C)C)CCCC1. The van der Waals surface area contributed by atoms with Crippen molar-refractivity contribution >= 4 is 46.0 Å². The normalized spacial score (nSPS) is 16.1. The third kappa shape index (κ3) is 7.68. The number of ether oxygens (including phenoxy) is 1. The highest BCUT2D eigenvalue weighted by Gasteiger charge is 2.45. The predicted molar refractivity (Wildman–Crippen MR) is 148 cm³/mol. The maximum absolute atomic E-state index is 13.6. The van der Waals surface area contributed by atoms with E-state index in [4.69, 9.17) is 4.74 Å². The topological polar surface area (TPSA) is 102 Å². The standard InChI is InChI=1S/C28H36N2O5S2/c1-5-35-26(33)22(17-21-13-14-23(37-21)20-11-7-6-8-12-20)29-27(34)28(15-9-10-16-28)30-25(32)24(18(2)3)36-19(4)31/h6-8,11-14,18,22,24H,5,9-10,15-17H2,1-4H3,(H,29,34)(H,30,32). The van der Waals surface area contributed by atoms with Crippen molar-refractivity contribution in [3.63, 3.8) is 0 Å². The zero-order valence-electron chi connectivity index (χ0n) is 21.9. The molecule has 2 atom stereocenters. The van der Waals surface area contributed by atoms with Crippen LogP contribution in [0.1, 0.15) is 58.3 Å². The van der Waals surface area contributed by atoms with Gasteiger partial charge in [-0.3, -0.25) is 14.4 Å². The highest BCUT2D eigenvalue weighted by molar-refractivity contribution is 8.14. The molecule has 1 fully saturated rings. The van der Waals surface area contributed by atoms with E-state index in [1.165, 1.54) is 6.92 Å². The van der Waals surface area contributed by atoms with Gasteiger partial charge in [-0.15, -0.1) is 11.3 Å². The minimum absolute atomic E-state index is 0.0830. The number of esters is 1. The molecule has 2 amide bonds. The molecule has 200 valence electrons. The minimum Gasteiger partial charge on any atom is -0.464 e. The van der Waals surface area contributed by atoms with E-state index in [0.29, 0.717) is 19.3 Å². The van der Waals surface area contributed by atoms with Gasteiger partial charge in [-0.2, -0.15) is 0 Å². The van der Waals surface area contributed by atoms with E-state index in [9.17, 15) is 19.2 Å². The number of benzene rings is 1. The summed E-state index contributed by atoms with van der Waals surface area (Å²) < 4.78 is 5.28. The van der Waals surface area contributed by atoms with E-state index in [0.717, 1.165) is 39.9 Å². The van der Waals surface area contributed by atoms with Gasteiger partial charge in [0.2, 0.25) is 11.8 Å². The molecule has 0 spiro atoms. The summed E-state index contributed by atoms with van der Waals surface area (Å²) in [5, 5.41) is 5.13. The summed E-state index contributed by atoms with van der Waals surface area (Å²) in [6, 6.07) is 13.1. The highest BCUT2D eigenvalue weighted by atomic mass is 32.2. The number of thiophene rings is 1. The fraction of sp³-hybridized carbons (Fsp3) is 0.500. The Morgan fingerprint density at radius 2 is 1.73 bits per heavy atom. The number of rotatable bonds is 11. The van der Waals surface area contributed by atoms with E-state index in [2.05, 4.69) is 10.6 Å². The van der Waals surface area contributed by atoms with Crippen LogP contribution in [0.3, 0.4) is 0 Å². The number of nitrogens with one attached hydrogen (secondary N) is 2. The van der Waals surface area contributed by atoms with E-state index in [1.807, 2.05) is 56.3 Å². The Morgan fingerprint density at radius 1 is 1.05 bits per heavy atom. The van der Waals surface area contributed by atoms with Crippen molar-refractivity contribution in [1.82, 2.24) is 10.6 Å². The van der Waals surface area contributed by atoms with Crippen LogP contribution in [0, 0.1) is 5.92 Å². The largest absolute Gasteiger partial charge is 0.464 e. The Balaban J connectivity index is 1.78. The lowest BCUT2D eigenvalue weighted by Crippen LogP contribution is -2.61. The van der Waals surface area contributed by atoms with Crippen LogP contribution < -0.4 is 10.6 Å². The van der Waals surface area contributed by atoms with Crippen LogP contribution >= 0.6 is 23.1 Å². The first kappa shape index (κ1) is 28.9. The molecule has 1 saturated carbocycles. The molecule has 0 aliphatic heterocycles. The lowest BCUT2D eigenvalue weighted by atomic mass is 9.94. The molecule has 2 N–H and O–H groups in total. The Kier molecular flexibility index (Phi) is 10.3. The van der Waals surface area contributed by atoms with Gasteiger partial charge in [0.15, 0.2) is 5.12 Å². The Morgan fingerprint density at radius 3 is 2.32 bits per heavy atom. The number of hydrogen-bond donors (Lipinski definition) is 2. The summed E-state index contributed by atoms with van der Waals surface area (Å²) in [5.41, 5.74) is -0.0250. The van der Waals surface area contributed by atoms with Gasteiger partial charge in [0.1, 0.15) is 11.6 Å². The number of amides is 2. The third-order valence-electron chi connectivity index (χ3n) is 6.41. The average molecular weight is 545 g/mol. The molecule has 0 radical (unpaired) electrons. The molecular weight excluding hydrogens is 508 g/mol. The highest BCUT2D eigenvalue weighted by Crippen LogP contribution is 2.32. The van der Waals surface area contributed by atoms with Crippen LogP contribution in [0.2, 0.25) is 0 Å². The number of hydrogen-bond acceptors (Lipinski definition) is 7. The first-order chi connectivity index (χ1) is 17.6. The summed E-state index contributed by atoms with van der Waals surface area (Å²) in [5.74, 6) is -1.30. The van der Waals surface area contributed by atoms with Crippen LogP contribution in [0.5, 0.6) is 0 Å². The van der Waals surface area contributed by atoms with Gasteiger partial charge in [0.05, 0.1) is 11.9 Å². The van der Waals surface area contributed by atoms with Gasteiger partial charge in [0, 0.05) is 23.1 Å². The zero-order valence-corrected chi connectivity index (χ0v) is 23.5. The molecule has 1 aliphatic rings. The van der Waals surface area contributed by atoms with Crippen molar-refractivity contribution in [2.45, 2.75) is 76.6 Å². The molecule has 0 bridgehead atoms. The van der Waals surface area contributed by atoms with E-state index < -0.39 is 22.8 Å². The maximum atomic E-state index is 13.6. The van der Waals surface area contributed by atoms with Crippen LogP contribution in [0.15, 0.2) is 42.5 Å². The van der Waals surface area contributed by atoms with Crippen molar-refractivity contribution in [2.24, 2.45) is 5.92 Å². The Hall–Kier alpha value is -2.65. The first-order valence-electron chi connectivity index (χ1n) is 12.8. The lowest BCUT2D eigenvalue weighted by molar-refractivity contribution is -0.148. The molecule has 9 heteroatoms. The monoisotopic (exact) mass is 544 g/mol. The maximum Gasteiger partial charge on any atom is 0.329 e. The van der Waals surface area contributed by atoms with E-state index in [1.54, 1.807) is 18.3 Å². The number of carbonyl (C=O) groups excluding carboxylic acids is 4. The van der Waals surface area contributed by atoms with Gasteiger partial charge in [-0.1, -0.05) is 68.8 Å². The summed E-state index contributed by atoms with van der Waals surface area (Å²) in [6.45, 7) is 7.12. The van der Waals surface area contributed by atoms with Crippen molar-refractivity contribution in [2.75, 3.05) is 6.61 Å². The lowest BCUT2D eigenvalue weighted by Gasteiger charge is -2.32. The second kappa shape index (κ2) is 13.2. The molecule has 1 aromatic carbocycles. The molecule has 37 heavy (non-hydrogen) atoms. The van der Waals surface area contributed by atoms with Crippen molar-refractivity contribution < 1.29 is 23.9 Å². The summed E-state index contributed by atoms with van der Waals surface area (Å²) in [7, 11) is 0. The number of carbonyl (C=O) groups is 4.